The summed E-state index contributed by atoms with van der Waals surface area (Å²) in [5.41, 5.74) is 11.2. The lowest BCUT2D eigenvalue weighted by molar-refractivity contribution is -0.117. The summed E-state index contributed by atoms with van der Waals surface area (Å²) in [6, 6.07) is 0. The molecule has 0 aliphatic carbocycles. The number of nitrogens with one attached hydrogen (secondary N) is 1. The maximum Gasteiger partial charge on any atom is 0.272 e. The van der Waals surface area contributed by atoms with Crippen LogP contribution in [0.2, 0.25) is 0 Å². The van der Waals surface area contributed by atoms with Crippen molar-refractivity contribution in [2.45, 2.75) is 13.3 Å². The van der Waals surface area contributed by atoms with E-state index in [4.69, 9.17) is 11.5 Å². The van der Waals surface area contributed by atoms with Gasteiger partial charge in [-0.2, -0.15) is 0 Å². The molecule has 0 aromatic heterocycles. The van der Waals surface area contributed by atoms with E-state index in [1.54, 1.807) is 12.2 Å². The molecule has 66 valence electrons. The van der Waals surface area contributed by atoms with Gasteiger partial charge < -0.3 is 16.8 Å². The summed E-state index contributed by atoms with van der Waals surface area (Å²) < 4.78 is 0. The van der Waals surface area contributed by atoms with E-state index in [0.717, 1.165) is 6.42 Å². The van der Waals surface area contributed by atoms with Gasteiger partial charge in [0.2, 0.25) is 0 Å². The van der Waals surface area contributed by atoms with Crippen molar-refractivity contribution >= 4 is 5.91 Å². The number of allylic oxidation sites excluding steroid dienone is 2. The third-order valence-corrected chi connectivity index (χ3v) is 1.69. The van der Waals surface area contributed by atoms with E-state index in [1.807, 2.05) is 6.92 Å². The fraction of sp³-hybridized carbons (Fsp3) is 0.375. The lowest BCUT2D eigenvalue weighted by Gasteiger charge is -2.11. The van der Waals surface area contributed by atoms with E-state index in [-0.39, 0.29) is 17.5 Å². The van der Waals surface area contributed by atoms with E-state index in [2.05, 4.69) is 5.32 Å². The third-order valence-electron chi connectivity index (χ3n) is 1.69. The molecule has 0 aromatic carbocycles. The van der Waals surface area contributed by atoms with E-state index in [9.17, 15) is 4.79 Å². The van der Waals surface area contributed by atoms with Crippen LogP contribution in [0.15, 0.2) is 23.7 Å². The Hall–Kier alpha value is -1.45. The summed E-state index contributed by atoms with van der Waals surface area (Å²) in [7, 11) is 0. The van der Waals surface area contributed by atoms with Gasteiger partial charge >= 0.3 is 0 Å². The second-order valence-electron chi connectivity index (χ2n) is 2.95. The quantitative estimate of drug-likeness (QED) is 0.466. The molecule has 0 saturated carbocycles. The van der Waals surface area contributed by atoms with Crippen LogP contribution in [0.3, 0.4) is 0 Å². The minimum Gasteiger partial charge on any atom is -0.395 e. The molecule has 5 N–H and O–H groups in total. The van der Waals surface area contributed by atoms with Crippen molar-refractivity contribution in [3.63, 3.8) is 0 Å². The van der Waals surface area contributed by atoms with Crippen LogP contribution < -0.4 is 16.8 Å². The van der Waals surface area contributed by atoms with Crippen LogP contribution in [0.25, 0.3) is 0 Å². The Labute approximate surface area is 71.3 Å². The Morgan fingerprint density at radius 1 is 1.58 bits per heavy atom. The molecule has 1 unspecified atom stereocenters. The number of amides is 1. The summed E-state index contributed by atoms with van der Waals surface area (Å²) >= 11 is 0. The molecule has 1 rings (SSSR count). The second kappa shape index (κ2) is 3.30. The smallest absolute Gasteiger partial charge is 0.272 e. The summed E-state index contributed by atoms with van der Waals surface area (Å²) in [6.45, 7) is 1.98. The van der Waals surface area contributed by atoms with Crippen LogP contribution in [0.4, 0.5) is 0 Å². The van der Waals surface area contributed by atoms with E-state index in [0.29, 0.717) is 5.82 Å². The van der Waals surface area contributed by atoms with Crippen LogP contribution >= 0.6 is 0 Å². The molecular weight excluding hydrogens is 154 g/mol. The van der Waals surface area contributed by atoms with Crippen molar-refractivity contribution in [3.05, 3.63) is 23.7 Å². The number of carbonyl (C=O) groups is 1. The van der Waals surface area contributed by atoms with Gasteiger partial charge in [-0.05, 0) is 18.4 Å². The molecule has 0 aromatic rings. The first-order valence-electron chi connectivity index (χ1n) is 3.84. The first-order valence-corrected chi connectivity index (χ1v) is 3.84. The molecule has 0 saturated heterocycles. The highest BCUT2D eigenvalue weighted by Crippen LogP contribution is 2.09. The molecule has 4 nitrogen and oxygen atoms in total. The van der Waals surface area contributed by atoms with Crippen LogP contribution in [0.1, 0.15) is 13.3 Å². The fourth-order valence-electron chi connectivity index (χ4n) is 1.02. The maximum absolute atomic E-state index is 11.1. The van der Waals surface area contributed by atoms with Crippen LogP contribution in [0, 0.1) is 5.92 Å². The number of hydrogen-bond acceptors (Lipinski definition) is 3. The summed E-state index contributed by atoms with van der Waals surface area (Å²) in [4.78, 5) is 11.1. The zero-order valence-electron chi connectivity index (χ0n) is 7.00. The standard InChI is InChI=1S/C8H13N3O/c1-5-2-3-7(10)11-8(12)6(9)4-5/h3-5H,2,9-10H2,1H3,(H,11,12). The normalized spacial score (nSPS) is 24.8. The highest BCUT2D eigenvalue weighted by molar-refractivity contribution is 5.93. The molecular formula is C8H13N3O. The molecule has 12 heavy (non-hydrogen) atoms. The van der Waals surface area contributed by atoms with Gasteiger partial charge in [-0.3, -0.25) is 4.79 Å². The van der Waals surface area contributed by atoms with Gasteiger partial charge in [0.15, 0.2) is 0 Å². The van der Waals surface area contributed by atoms with Crippen molar-refractivity contribution in [1.82, 2.24) is 5.32 Å². The minimum atomic E-state index is -0.324. The van der Waals surface area contributed by atoms with Crippen LogP contribution in [-0.2, 0) is 4.79 Å². The maximum atomic E-state index is 11.1. The van der Waals surface area contributed by atoms with Crippen molar-refractivity contribution in [2.75, 3.05) is 0 Å². The average molecular weight is 167 g/mol. The van der Waals surface area contributed by atoms with Gasteiger partial charge in [0.05, 0.1) is 11.5 Å². The van der Waals surface area contributed by atoms with Crippen molar-refractivity contribution in [2.24, 2.45) is 17.4 Å². The molecule has 1 atom stereocenters. The predicted molar refractivity (Wildman–Crippen MR) is 46.5 cm³/mol. The second-order valence-corrected chi connectivity index (χ2v) is 2.95. The molecule has 0 bridgehead atoms. The first kappa shape index (κ1) is 8.64. The zero-order valence-corrected chi connectivity index (χ0v) is 7.00. The number of nitrogens with two attached hydrogens (primary N) is 2. The molecule has 4 heteroatoms. The van der Waals surface area contributed by atoms with E-state index >= 15 is 0 Å². The Kier molecular flexibility index (Phi) is 2.38. The topological polar surface area (TPSA) is 81.1 Å². The lowest BCUT2D eigenvalue weighted by atomic mass is 10.1. The van der Waals surface area contributed by atoms with Gasteiger partial charge in [0.25, 0.3) is 5.91 Å². The van der Waals surface area contributed by atoms with Crippen LogP contribution in [-0.4, -0.2) is 5.91 Å². The van der Waals surface area contributed by atoms with Crippen molar-refractivity contribution < 1.29 is 4.79 Å². The zero-order chi connectivity index (χ0) is 9.14. The number of hydrogen-bond donors (Lipinski definition) is 3. The molecule has 0 spiro atoms. The van der Waals surface area contributed by atoms with E-state index < -0.39 is 0 Å². The lowest BCUT2D eigenvalue weighted by Crippen LogP contribution is -2.32. The molecule has 0 fully saturated rings. The summed E-state index contributed by atoms with van der Waals surface area (Å²) in [6.07, 6.45) is 4.32. The molecule has 1 aliphatic heterocycles. The predicted octanol–water partition coefficient (Wildman–Crippen LogP) is -0.215. The van der Waals surface area contributed by atoms with Crippen molar-refractivity contribution in [1.29, 1.82) is 0 Å². The summed E-state index contributed by atoms with van der Waals surface area (Å²) in [5, 5.41) is 2.46. The first-order chi connectivity index (χ1) is 5.59. The monoisotopic (exact) mass is 167 g/mol. The Morgan fingerprint density at radius 3 is 2.92 bits per heavy atom. The Bertz CT molecular complexity index is 255. The molecule has 1 aliphatic rings. The highest BCUT2D eigenvalue weighted by atomic mass is 16.2. The average Bonchev–Trinajstić information content (AvgIpc) is 1.99. The summed E-state index contributed by atoms with van der Waals surface area (Å²) in [5.74, 6) is 0.313. The molecule has 0 radical (unpaired) electrons. The SMILES string of the molecule is CC1C=C(N)C(=O)NC(N)=CC1. The van der Waals surface area contributed by atoms with Gasteiger partial charge in [0.1, 0.15) is 0 Å². The van der Waals surface area contributed by atoms with E-state index in [1.165, 1.54) is 0 Å². The highest BCUT2D eigenvalue weighted by Gasteiger charge is 2.10. The number of rotatable bonds is 0. The Balaban J connectivity index is 2.83. The van der Waals surface area contributed by atoms with Gasteiger partial charge in [-0.15, -0.1) is 0 Å². The van der Waals surface area contributed by atoms with Crippen molar-refractivity contribution in [3.8, 4) is 0 Å². The third kappa shape index (κ3) is 2.02. The molecule has 1 heterocycles. The Morgan fingerprint density at radius 2 is 2.25 bits per heavy atom. The largest absolute Gasteiger partial charge is 0.395 e. The fourth-order valence-corrected chi connectivity index (χ4v) is 1.02. The van der Waals surface area contributed by atoms with Gasteiger partial charge in [-0.25, -0.2) is 0 Å². The van der Waals surface area contributed by atoms with Gasteiger partial charge in [-0.1, -0.05) is 13.0 Å². The van der Waals surface area contributed by atoms with Gasteiger partial charge in [0, 0.05) is 0 Å². The minimum absolute atomic E-state index is 0.235. The van der Waals surface area contributed by atoms with Crippen LogP contribution in [0.5, 0.6) is 0 Å². The molecule has 1 amide bonds. The number of carbonyl (C=O) groups excluding carboxylic acids is 1.